The van der Waals surface area contributed by atoms with Crippen molar-refractivity contribution >= 4 is 11.6 Å². The van der Waals surface area contributed by atoms with E-state index in [0.29, 0.717) is 6.42 Å². The maximum absolute atomic E-state index is 13.6. The first-order valence-corrected chi connectivity index (χ1v) is 5.54. The summed E-state index contributed by atoms with van der Waals surface area (Å²) in [5.41, 5.74) is 5.87. The number of halogens is 2. The maximum atomic E-state index is 13.6. The number of hydrogen-bond donors (Lipinski definition) is 1. The van der Waals surface area contributed by atoms with Gasteiger partial charge in [0.1, 0.15) is 5.82 Å². The highest BCUT2D eigenvalue weighted by Crippen LogP contribution is 2.28. The summed E-state index contributed by atoms with van der Waals surface area (Å²) in [7, 11) is 0. The summed E-state index contributed by atoms with van der Waals surface area (Å²) in [6.07, 6.45) is 0.659. The Morgan fingerprint density at radius 1 is 1.53 bits per heavy atom. The van der Waals surface area contributed by atoms with E-state index < -0.39 is 5.82 Å². The van der Waals surface area contributed by atoms with Crippen LogP contribution in [-0.2, 0) is 0 Å². The summed E-state index contributed by atoms with van der Waals surface area (Å²) < 4.78 is 18.6. The van der Waals surface area contributed by atoms with Gasteiger partial charge in [-0.3, -0.25) is 0 Å². The third kappa shape index (κ3) is 2.30. The lowest BCUT2D eigenvalue weighted by molar-refractivity contribution is 0.352. The van der Waals surface area contributed by atoms with Crippen molar-refractivity contribution in [2.75, 3.05) is 0 Å². The van der Waals surface area contributed by atoms with Gasteiger partial charge in [0.2, 0.25) is 11.7 Å². The Morgan fingerprint density at radius 2 is 2.29 bits per heavy atom. The first-order chi connectivity index (χ1) is 8.13. The summed E-state index contributed by atoms with van der Waals surface area (Å²) in [6, 6.07) is 4.02. The Labute approximate surface area is 103 Å². The minimum Gasteiger partial charge on any atom is -0.337 e. The van der Waals surface area contributed by atoms with Crippen LogP contribution in [0.2, 0.25) is 5.02 Å². The van der Waals surface area contributed by atoms with Crippen LogP contribution in [0.1, 0.15) is 25.3 Å². The SMILES string of the molecule is CCC(N)c1nc(-c2c(F)cccc2Cl)no1. The number of nitrogens with two attached hydrogens (primary N) is 1. The first-order valence-electron chi connectivity index (χ1n) is 5.17. The largest absolute Gasteiger partial charge is 0.337 e. The van der Waals surface area contributed by atoms with E-state index in [1.54, 1.807) is 6.07 Å². The second-order valence-corrected chi connectivity index (χ2v) is 3.97. The van der Waals surface area contributed by atoms with Crippen LogP contribution in [0.15, 0.2) is 22.7 Å². The van der Waals surface area contributed by atoms with E-state index in [2.05, 4.69) is 10.1 Å². The molecule has 1 aromatic carbocycles. The van der Waals surface area contributed by atoms with Crippen molar-refractivity contribution in [3.63, 3.8) is 0 Å². The van der Waals surface area contributed by atoms with Crippen LogP contribution in [0.5, 0.6) is 0 Å². The zero-order valence-electron chi connectivity index (χ0n) is 9.15. The molecule has 1 heterocycles. The van der Waals surface area contributed by atoms with Gasteiger partial charge in [0.15, 0.2) is 0 Å². The Bertz CT molecular complexity index is 509. The van der Waals surface area contributed by atoms with Crippen molar-refractivity contribution in [3.05, 3.63) is 34.9 Å². The van der Waals surface area contributed by atoms with E-state index in [1.165, 1.54) is 12.1 Å². The van der Waals surface area contributed by atoms with Gasteiger partial charge in [-0.15, -0.1) is 0 Å². The molecule has 0 aliphatic carbocycles. The molecule has 17 heavy (non-hydrogen) atoms. The molecule has 0 saturated carbocycles. The van der Waals surface area contributed by atoms with Crippen molar-refractivity contribution in [3.8, 4) is 11.4 Å². The topological polar surface area (TPSA) is 64.9 Å². The Morgan fingerprint density at radius 3 is 2.94 bits per heavy atom. The van der Waals surface area contributed by atoms with Crippen molar-refractivity contribution < 1.29 is 8.91 Å². The highest BCUT2D eigenvalue weighted by molar-refractivity contribution is 6.33. The molecule has 0 radical (unpaired) electrons. The van der Waals surface area contributed by atoms with Crippen LogP contribution >= 0.6 is 11.6 Å². The lowest BCUT2D eigenvalue weighted by atomic mass is 10.2. The van der Waals surface area contributed by atoms with Gasteiger partial charge >= 0.3 is 0 Å². The standard InChI is InChI=1S/C11H11ClFN3O/c1-2-8(14)11-15-10(16-17-11)9-6(12)4-3-5-7(9)13/h3-5,8H,2,14H2,1H3. The number of benzene rings is 1. The molecule has 0 amide bonds. The normalized spacial score (nSPS) is 12.7. The average Bonchev–Trinajstić information content (AvgIpc) is 2.77. The lowest BCUT2D eigenvalue weighted by Crippen LogP contribution is -2.08. The van der Waals surface area contributed by atoms with Gasteiger partial charge in [-0.2, -0.15) is 4.98 Å². The van der Waals surface area contributed by atoms with E-state index in [1.807, 2.05) is 6.92 Å². The molecule has 1 atom stereocenters. The molecule has 0 fully saturated rings. The van der Waals surface area contributed by atoms with Crippen LogP contribution in [-0.4, -0.2) is 10.1 Å². The fraction of sp³-hybridized carbons (Fsp3) is 0.273. The third-order valence-corrected chi connectivity index (χ3v) is 2.70. The molecular weight excluding hydrogens is 245 g/mol. The fourth-order valence-corrected chi connectivity index (χ4v) is 1.62. The van der Waals surface area contributed by atoms with Gasteiger partial charge in [0.05, 0.1) is 16.6 Å². The van der Waals surface area contributed by atoms with Gasteiger partial charge in [-0.1, -0.05) is 29.7 Å². The first kappa shape index (κ1) is 12.0. The van der Waals surface area contributed by atoms with E-state index >= 15 is 0 Å². The van der Waals surface area contributed by atoms with Gasteiger partial charge < -0.3 is 10.3 Å². The van der Waals surface area contributed by atoms with Crippen LogP contribution in [0, 0.1) is 5.82 Å². The fourth-order valence-electron chi connectivity index (χ4n) is 1.37. The molecule has 1 unspecified atom stereocenters. The Hall–Kier alpha value is -1.46. The molecule has 0 aliphatic heterocycles. The summed E-state index contributed by atoms with van der Waals surface area (Å²) >= 11 is 5.89. The second-order valence-electron chi connectivity index (χ2n) is 3.57. The van der Waals surface area contributed by atoms with Crippen LogP contribution in [0.4, 0.5) is 4.39 Å². The summed E-state index contributed by atoms with van der Waals surface area (Å²) in [5, 5.41) is 3.92. The van der Waals surface area contributed by atoms with Gasteiger partial charge in [-0.05, 0) is 18.6 Å². The molecule has 0 saturated heterocycles. The van der Waals surface area contributed by atoms with E-state index in [9.17, 15) is 4.39 Å². The second kappa shape index (κ2) is 4.81. The lowest BCUT2D eigenvalue weighted by Gasteiger charge is -2.00. The highest BCUT2D eigenvalue weighted by Gasteiger charge is 2.18. The highest BCUT2D eigenvalue weighted by atomic mass is 35.5. The van der Waals surface area contributed by atoms with Gasteiger partial charge in [-0.25, -0.2) is 4.39 Å². The van der Waals surface area contributed by atoms with Crippen molar-refractivity contribution in [1.29, 1.82) is 0 Å². The van der Waals surface area contributed by atoms with E-state index in [4.69, 9.17) is 21.9 Å². The van der Waals surface area contributed by atoms with Crippen molar-refractivity contribution in [2.24, 2.45) is 5.73 Å². The molecule has 0 bridgehead atoms. The van der Waals surface area contributed by atoms with Crippen LogP contribution < -0.4 is 5.73 Å². The van der Waals surface area contributed by atoms with Gasteiger partial charge in [0, 0.05) is 0 Å². The predicted molar refractivity (Wildman–Crippen MR) is 61.9 cm³/mol. The molecule has 0 spiro atoms. The zero-order chi connectivity index (χ0) is 12.4. The molecule has 1 aromatic heterocycles. The molecule has 6 heteroatoms. The van der Waals surface area contributed by atoms with Gasteiger partial charge in [0.25, 0.3) is 0 Å². The summed E-state index contributed by atoms with van der Waals surface area (Å²) in [4.78, 5) is 4.05. The molecule has 0 aliphatic rings. The third-order valence-electron chi connectivity index (χ3n) is 2.39. The van der Waals surface area contributed by atoms with E-state index in [-0.39, 0.29) is 28.3 Å². The number of nitrogens with zero attached hydrogens (tertiary/aromatic N) is 2. The molecular formula is C11H11ClFN3O. The number of rotatable bonds is 3. The Kier molecular flexibility index (Phi) is 3.40. The predicted octanol–water partition coefficient (Wildman–Crippen LogP) is 2.94. The number of hydrogen-bond acceptors (Lipinski definition) is 4. The molecule has 2 N–H and O–H groups in total. The minimum absolute atomic E-state index is 0.118. The number of aromatic nitrogens is 2. The quantitative estimate of drug-likeness (QED) is 0.916. The summed E-state index contributed by atoms with van der Waals surface area (Å²) in [6.45, 7) is 1.89. The van der Waals surface area contributed by atoms with Crippen molar-refractivity contribution in [2.45, 2.75) is 19.4 Å². The smallest absolute Gasteiger partial charge is 0.243 e. The van der Waals surface area contributed by atoms with Crippen LogP contribution in [0.25, 0.3) is 11.4 Å². The molecule has 2 aromatic rings. The Balaban J connectivity index is 2.44. The molecule has 4 nitrogen and oxygen atoms in total. The summed E-state index contributed by atoms with van der Waals surface area (Å²) in [5.74, 6) is -0.0938. The zero-order valence-corrected chi connectivity index (χ0v) is 9.91. The van der Waals surface area contributed by atoms with Crippen molar-refractivity contribution in [1.82, 2.24) is 10.1 Å². The minimum atomic E-state index is -0.491. The average molecular weight is 256 g/mol. The molecule has 2 rings (SSSR count). The van der Waals surface area contributed by atoms with Crippen LogP contribution in [0.3, 0.4) is 0 Å². The van der Waals surface area contributed by atoms with E-state index in [0.717, 1.165) is 0 Å². The maximum Gasteiger partial charge on any atom is 0.243 e. The monoisotopic (exact) mass is 255 g/mol. The molecule has 90 valence electrons.